The van der Waals surface area contributed by atoms with Crippen LogP contribution in [0.4, 0.5) is 5.69 Å². The largest absolute Gasteiger partial charge is 0.439 e. The van der Waals surface area contributed by atoms with Gasteiger partial charge in [-0.2, -0.15) is 0 Å². The van der Waals surface area contributed by atoms with Crippen LogP contribution in [0.25, 0.3) is 0 Å². The Morgan fingerprint density at radius 1 is 1.28 bits per heavy atom. The fourth-order valence-electron chi connectivity index (χ4n) is 3.20. The van der Waals surface area contributed by atoms with E-state index in [0.29, 0.717) is 11.4 Å². The molecule has 2 aromatic rings. The average Bonchev–Trinajstić information content (AvgIpc) is 3.08. The Morgan fingerprint density at radius 2 is 2.16 bits per heavy atom. The molecule has 5 nitrogen and oxygen atoms in total. The summed E-state index contributed by atoms with van der Waals surface area (Å²) in [5.74, 6) is 0.744. The highest BCUT2D eigenvalue weighted by molar-refractivity contribution is 5.92. The molecular formula is C20H25N3O2. The molecule has 1 amide bonds. The second kappa shape index (κ2) is 8.01. The minimum absolute atomic E-state index is 0.375. The first kappa shape index (κ1) is 17.3. The van der Waals surface area contributed by atoms with Crippen LogP contribution in [0.15, 0.2) is 30.5 Å². The van der Waals surface area contributed by atoms with Gasteiger partial charge in [-0.05, 0) is 48.9 Å². The molecule has 1 aliphatic rings. The summed E-state index contributed by atoms with van der Waals surface area (Å²) in [5, 5.41) is 3.57. The number of aryl methyl sites for hydroxylation is 1. The predicted molar refractivity (Wildman–Crippen MR) is 99.3 cm³/mol. The van der Waals surface area contributed by atoms with Crippen molar-refractivity contribution in [1.82, 2.24) is 4.98 Å². The van der Waals surface area contributed by atoms with Gasteiger partial charge in [0.15, 0.2) is 0 Å². The van der Waals surface area contributed by atoms with E-state index in [9.17, 15) is 4.79 Å². The van der Waals surface area contributed by atoms with Crippen LogP contribution in [0.2, 0.25) is 0 Å². The highest BCUT2D eigenvalue weighted by Gasteiger charge is 2.17. The Bertz CT molecular complexity index is 741. The van der Waals surface area contributed by atoms with Crippen LogP contribution >= 0.6 is 0 Å². The van der Waals surface area contributed by atoms with Crippen LogP contribution in [0, 0.1) is 0 Å². The highest BCUT2D eigenvalue weighted by atomic mass is 16.5. The summed E-state index contributed by atoms with van der Waals surface area (Å²) in [6.45, 7) is 3.19. The number of primary amides is 1. The maximum absolute atomic E-state index is 11.1. The van der Waals surface area contributed by atoms with Crippen LogP contribution in [-0.2, 0) is 12.8 Å². The van der Waals surface area contributed by atoms with E-state index >= 15 is 0 Å². The molecule has 25 heavy (non-hydrogen) atoms. The van der Waals surface area contributed by atoms with Crippen LogP contribution in [0.3, 0.4) is 0 Å². The van der Waals surface area contributed by atoms with Crippen molar-refractivity contribution in [2.24, 2.45) is 5.73 Å². The third-order valence-electron chi connectivity index (χ3n) is 4.53. The summed E-state index contributed by atoms with van der Waals surface area (Å²) >= 11 is 0. The van der Waals surface area contributed by atoms with Crippen molar-refractivity contribution >= 4 is 11.6 Å². The van der Waals surface area contributed by atoms with E-state index in [4.69, 9.17) is 10.5 Å². The van der Waals surface area contributed by atoms with E-state index in [1.807, 2.05) is 0 Å². The number of carbonyl (C=O) groups excluding carboxylic acids is 1. The maximum Gasteiger partial charge on any atom is 0.250 e. The Hall–Kier alpha value is -2.56. The molecule has 5 heteroatoms. The molecule has 0 bridgehead atoms. The quantitative estimate of drug-likeness (QED) is 0.711. The zero-order valence-corrected chi connectivity index (χ0v) is 14.7. The normalized spacial score (nSPS) is 12.7. The third-order valence-corrected chi connectivity index (χ3v) is 4.53. The monoisotopic (exact) mass is 339 g/mol. The zero-order chi connectivity index (χ0) is 17.6. The fraction of sp³-hybridized carbons (Fsp3) is 0.400. The van der Waals surface area contributed by atoms with Gasteiger partial charge in [0.1, 0.15) is 5.75 Å². The van der Waals surface area contributed by atoms with E-state index < -0.39 is 5.91 Å². The molecule has 0 spiro atoms. The Kier molecular flexibility index (Phi) is 5.53. The number of fused-ring (bicyclic) bond motifs is 1. The summed E-state index contributed by atoms with van der Waals surface area (Å²) in [6.07, 6.45) is 8.47. The number of nitrogens with zero attached hydrogens (tertiary/aromatic N) is 1. The van der Waals surface area contributed by atoms with Crippen molar-refractivity contribution in [3.05, 3.63) is 47.2 Å². The minimum Gasteiger partial charge on any atom is -0.439 e. The standard InChI is InChI=1S/C20H25N3O2/c1-2-3-4-10-22-18-12-16(11-14-6-5-7-17(14)18)25-19-9-8-15(13-23-19)20(21)24/h8-9,11-13,22H,2-7,10H2,1H3,(H2,21,24). The van der Waals surface area contributed by atoms with Crippen molar-refractivity contribution in [3.8, 4) is 11.6 Å². The fourth-order valence-corrected chi connectivity index (χ4v) is 3.20. The van der Waals surface area contributed by atoms with E-state index in [1.54, 1.807) is 12.1 Å². The summed E-state index contributed by atoms with van der Waals surface area (Å²) in [5.41, 5.74) is 9.56. The summed E-state index contributed by atoms with van der Waals surface area (Å²) in [4.78, 5) is 15.3. The maximum atomic E-state index is 11.1. The number of hydrogen-bond acceptors (Lipinski definition) is 4. The number of nitrogens with one attached hydrogen (secondary N) is 1. The molecule has 0 fully saturated rings. The molecule has 0 saturated heterocycles. The number of rotatable bonds is 8. The first-order valence-electron chi connectivity index (χ1n) is 9.00. The molecule has 0 saturated carbocycles. The number of amides is 1. The van der Waals surface area contributed by atoms with Gasteiger partial charge in [0.2, 0.25) is 11.8 Å². The molecule has 1 aromatic carbocycles. The van der Waals surface area contributed by atoms with Gasteiger partial charge in [-0.1, -0.05) is 19.8 Å². The Labute approximate surface area is 148 Å². The van der Waals surface area contributed by atoms with Crippen molar-refractivity contribution in [2.45, 2.75) is 45.4 Å². The van der Waals surface area contributed by atoms with E-state index in [0.717, 1.165) is 25.1 Å². The second-order valence-electron chi connectivity index (χ2n) is 6.45. The van der Waals surface area contributed by atoms with Crippen molar-refractivity contribution in [3.63, 3.8) is 0 Å². The topological polar surface area (TPSA) is 77.2 Å². The number of unbranched alkanes of at least 4 members (excludes halogenated alkanes) is 2. The molecule has 0 radical (unpaired) electrons. The number of anilines is 1. The molecule has 1 aromatic heterocycles. The average molecular weight is 339 g/mol. The lowest BCUT2D eigenvalue weighted by atomic mass is 10.1. The zero-order valence-electron chi connectivity index (χ0n) is 14.7. The summed E-state index contributed by atoms with van der Waals surface area (Å²) in [6, 6.07) is 7.45. The minimum atomic E-state index is -0.491. The molecule has 0 aliphatic heterocycles. The SMILES string of the molecule is CCCCCNc1cc(Oc2ccc(C(N)=O)cn2)cc2c1CCC2. The first-order valence-corrected chi connectivity index (χ1v) is 9.00. The molecule has 3 N–H and O–H groups in total. The molecule has 0 unspecified atom stereocenters. The van der Waals surface area contributed by atoms with Crippen molar-refractivity contribution in [1.29, 1.82) is 0 Å². The van der Waals surface area contributed by atoms with Crippen LogP contribution in [0.1, 0.15) is 54.1 Å². The lowest BCUT2D eigenvalue weighted by molar-refractivity contribution is 0.1000. The first-order chi connectivity index (χ1) is 12.2. The van der Waals surface area contributed by atoms with Crippen LogP contribution < -0.4 is 15.8 Å². The second-order valence-corrected chi connectivity index (χ2v) is 6.45. The lowest BCUT2D eigenvalue weighted by Gasteiger charge is -2.14. The predicted octanol–water partition coefficient (Wildman–Crippen LogP) is 4.06. The van der Waals surface area contributed by atoms with Gasteiger partial charge in [-0.3, -0.25) is 4.79 Å². The van der Waals surface area contributed by atoms with Gasteiger partial charge in [-0.25, -0.2) is 4.98 Å². The summed E-state index contributed by atoms with van der Waals surface area (Å²) < 4.78 is 5.90. The highest BCUT2D eigenvalue weighted by Crippen LogP contribution is 2.35. The van der Waals surface area contributed by atoms with E-state index in [1.165, 1.54) is 48.7 Å². The lowest BCUT2D eigenvalue weighted by Crippen LogP contribution is -2.10. The number of nitrogens with two attached hydrogens (primary N) is 1. The van der Waals surface area contributed by atoms with Gasteiger partial charge >= 0.3 is 0 Å². The number of ether oxygens (including phenoxy) is 1. The molecule has 1 heterocycles. The molecular weight excluding hydrogens is 314 g/mol. The van der Waals surface area contributed by atoms with Gasteiger partial charge < -0.3 is 15.8 Å². The molecule has 132 valence electrons. The van der Waals surface area contributed by atoms with E-state index in [2.05, 4.69) is 29.4 Å². The van der Waals surface area contributed by atoms with Gasteiger partial charge in [0.25, 0.3) is 0 Å². The number of carbonyl (C=O) groups is 1. The number of hydrogen-bond donors (Lipinski definition) is 2. The molecule has 3 rings (SSSR count). The van der Waals surface area contributed by atoms with Crippen molar-refractivity contribution < 1.29 is 9.53 Å². The Balaban J connectivity index is 1.75. The molecule has 0 atom stereocenters. The number of pyridine rings is 1. The van der Waals surface area contributed by atoms with Gasteiger partial charge in [-0.15, -0.1) is 0 Å². The van der Waals surface area contributed by atoms with Gasteiger partial charge in [0, 0.05) is 30.6 Å². The number of aromatic nitrogens is 1. The van der Waals surface area contributed by atoms with Crippen LogP contribution in [0.5, 0.6) is 11.6 Å². The smallest absolute Gasteiger partial charge is 0.250 e. The third kappa shape index (κ3) is 4.29. The van der Waals surface area contributed by atoms with E-state index in [-0.39, 0.29) is 0 Å². The summed E-state index contributed by atoms with van der Waals surface area (Å²) in [7, 11) is 0. The molecule has 1 aliphatic carbocycles. The van der Waals surface area contributed by atoms with Crippen molar-refractivity contribution in [2.75, 3.05) is 11.9 Å². The van der Waals surface area contributed by atoms with Crippen LogP contribution in [-0.4, -0.2) is 17.4 Å². The number of benzene rings is 1. The van der Waals surface area contributed by atoms with Gasteiger partial charge in [0.05, 0.1) is 5.56 Å². The Morgan fingerprint density at radius 3 is 2.88 bits per heavy atom.